The summed E-state index contributed by atoms with van der Waals surface area (Å²) in [7, 11) is 0. The van der Waals surface area contributed by atoms with E-state index < -0.39 is 0 Å². The fraction of sp³-hybridized carbons (Fsp3) is 0.462. The van der Waals surface area contributed by atoms with E-state index in [0.717, 1.165) is 0 Å². The first-order valence-corrected chi connectivity index (χ1v) is 7.62. The standard InChI is InChI=1S/C13H17NSe/c1-11-6-5-7-12(14-11)10-15-13-8-3-2-4-9-13/h2-4,8-9,12H,5-7,10H2,1H3. The van der Waals surface area contributed by atoms with Crippen LogP contribution in [0.25, 0.3) is 0 Å². The van der Waals surface area contributed by atoms with Crippen molar-refractivity contribution in [3.8, 4) is 0 Å². The monoisotopic (exact) mass is 267 g/mol. The van der Waals surface area contributed by atoms with Crippen molar-refractivity contribution in [2.24, 2.45) is 4.99 Å². The van der Waals surface area contributed by atoms with Crippen LogP contribution in [0.15, 0.2) is 35.3 Å². The average molecular weight is 266 g/mol. The molecule has 15 heavy (non-hydrogen) atoms. The molecule has 1 aromatic rings. The van der Waals surface area contributed by atoms with E-state index in [1.807, 2.05) is 0 Å². The molecule has 0 saturated heterocycles. The van der Waals surface area contributed by atoms with Crippen LogP contribution in [0.2, 0.25) is 5.32 Å². The average Bonchev–Trinajstić information content (AvgIpc) is 2.28. The molecule has 2 heteroatoms. The Hall–Kier alpha value is -0.591. The molecule has 0 spiro atoms. The molecule has 2 rings (SSSR count). The number of nitrogens with zero attached hydrogens (tertiary/aromatic N) is 1. The zero-order valence-corrected chi connectivity index (χ0v) is 10.9. The number of benzene rings is 1. The van der Waals surface area contributed by atoms with Crippen molar-refractivity contribution in [1.29, 1.82) is 0 Å². The molecular formula is C13H17NSe. The van der Waals surface area contributed by atoms with Gasteiger partial charge in [0.2, 0.25) is 0 Å². The molecule has 0 aromatic heterocycles. The number of rotatable bonds is 3. The van der Waals surface area contributed by atoms with Crippen molar-refractivity contribution in [3.63, 3.8) is 0 Å². The Labute approximate surface area is 98.2 Å². The van der Waals surface area contributed by atoms with E-state index in [1.54, 1.807) is 0 Å². The second-order valence-corrected chi connectivity index (χ2v) is 6.33. The van der Waals surface area contributed by atoms with Gasteiger partial charge in [-0.2, -0.15) is 0 Å². The second-order valence-electron chi connectivity index (χ2n) is 4.03. The van der Waals surface area contributed by atoms with E-state index in [2.05, 4.69) is 37.3 Å². The van der Waals surface area contributed by atoms with Gasteiger partial charge in [0.1, 0.15) is 0 Å². The number of aliphatic imine (C=N–C) groups is 1. The molecule has 0 fully saturated rings. The first-order chi connectivity index (χ1) is 7.34. The third-order valence-corrected chi connectivity index (χ3v) is 5.09. The molecule has 80 valence electrons. The topological polar surface area (TPSA) is 12.4 Å². The molecule has 1 unspecified atom stereocenters. The predicted molar refractivity (Wildman–Crippen MR) is 67.4 cm³/mol. The van der Waals surface area contributed by atoms with Gasteiger partial charge in [0.05, 0.1) is 0 Å². The van der Waals surface area contributed by atoms with Crippen LogP contribution in [0.4, 0.5) is 0 Å². The fourth-order valence-electron chi connectivity index (χ4n) is 1.86. The van der Waals surface area contributed by atoms with Crippen molar-refractivity contribution >= 4 is 25.1 Å². The molecule has 1 nitrogen and oxygen atoms in total. The maximum atomic E-state index is 4.73. The van der Waals surface area contributed by atoms with Crippen LogP contribution in [-0.4, -0.2) is 26.7 Å². The van der Waals surface area contributed by atoms with Crippen molar-refractivity contribution in [2.75, 3.05) is 0 Å². The van der Waals surface area contributed by atoms with Gasteiger partial charge in [-0.25, -0.2) is 0 Å². The van der Waals surface area contributed by atoms with Gasteiger partial charge < -0.3 is 0 Å². The molecule has 1 aliphatic rings. The van der Waals surface area contributed by atoms with Crippen LogP contribution in [0.5, 0.6) is 0 Å². The van der Waals surface area contributed by atoms with E-state index in [1.165, 1.54) is 34.8 Å². The molecular weight excluding hydrogens is 249 g/mol. The van der Waals surface area contributed by atoms with Crippen molar-refractivity contribution < 1.29 is 0 Å². The normalized spacial score (nSPS) is 21.1. The summed E-state index contributed by atoms with van der Waals surface area (Å²) in [6.45, 7) is 2.17. The Morgan fingerprint density at radius 2 is 2.13 bits per heavy atom. The Morgan fingerprint density at radius 3 is 2.87 bits per heavy atom. The third kappa shape index (κ3) is 3.48. The van der Waals surface area contributed by atoms with Gasteiger partial charge in [-0.05, 0) is 0 Å². The summed E-state index contributed by atoms with van der Waals surface area (Å²) in [5.41, 5.74) is 1.36. The van der Waals surface area contributed by atoms with E-state index in [-0.39, 0.29) is 0 Å². The zero-order valence-electron chi connectivity index (χ0n) is 9.15. The second kappa shape index (κ2) is 5.48. The SMILES string of the molecule is CC1=NC(C[Se]c2ccccc2)CCC1. The molecule has 1 aromatic carbocycles. The van der Waals surface area contributed by atoms with E-state index >= 15 is 0 Å². The number of hydrogen-bond acceptors (Lipinski definition) is 1. The molecule has 0 radical (unpaired) electrons. The molecule has 1 aliphatic heterocycles. The van der Waals surface area contributed by atoms with E-state index in [4.69, 9.17) is 4.99 Å². The van der Waals surface area contributed by atoms with Crippen LogP contribution >= 0.6 is 0 Å². The van der Waals surface area contributed by atoms with Crippen LogP contribution in [0.1, 0.15) is 26.2 Å². The molecule has 0 N–H and O–H groups in total. The van der Waals surface area contributed by atoms with Crippen molar-refractivity contribution in [1.82, 2.24) is 0 Å². The summed E-state index contributed by atoms with van der Waals surface area (Å²) in [4.78, 5) is 4.73. The molecule has 0 saturated carbocycles. The van der Waals surface area contributed by atoms with Gasteiger partial charge in [-0.3, -0.25) is 0 Å². The van der Waals surface area contributed by atoms with Gasteiger partial charge in [0, 0.05) is 0 Å². The summed E-state index contributed by atoms with van der Waals surface area (Å²) in [5, 5.41) is 1.27. The fourth-order valence-corrected chi connectivity index (χ4v) is 3.91. The van der Waals surface area contributed by atoms with Gasteiger partial charge in [0.25, 0.3) is 0 Å². The van der Waals surface area contributed by atoms with Gasteiger partial charge >= 0.3 is 98.0 Å². The Balaban J connectivity index is 1.86. The first kappa shape index (κ1) is 10.9. The van der Waals surface area contributed by atoms with Gasteiger partial charge in [0.15, 0.2) is 0 Å². The molecule has 0 amide bonds. The van der Waals surface area contributed by atoms with E-state index in [9.17, 15) is 0 Å². The zero-order chi connectivity index (χ0) is 10.5. The Morgan fingerprint density at radius 1 is 1.33 bits per heavy atom. The van der Waals surface area contributed by atoms with Crippen LogP contribution < -0.4 is 4.46 Å². The summed E-state index contributed by atoms with van der Waals surface area (Å²) < 4.78 is 1.50. The van der Waals surface area contributed by atoms with Gasteiger partial charge in [-0.1, -0.05) is 0 Å². The molecule has 1 atom stereocenters. The summed E-state index contributed by atoms with van der Waals surface area (Å²) in [5.74, 6) is 0. The summed E-state index contributed by atoms with van der Waals surface area (Å²) in [6.07, 6.45) is 3.85. The first-order valence-electron chi connectivity index (χ1n) is 5.56. The Kier molecular flexibility index (Phi) is 3.99. The maximum absolute atomic E-state index is 4.73. The molecule has 1 heterocycles. The minimum atomic E-state index is 0.604. The number of hydrogen-bond donors (Lipinski definition) is 0. The van der Waals surface area contributed by atoms with Crippen LogP contribution in [-0.2, 0) is 0 Å². The molecule has 0 aliphatic carbocycles. The third-order valence-electron chi connectivity index (χ3n) is 2.66. The Bertz CT molecular complexity index is 332. The summed E-state index contributed by atoms with van der Waals surface area (Å²) >= 11 is 0.604. The minimum absolute atomic E-state index is 0.604. The quantitative estimate of drug-likeness (QED) is 0.745. The summed E-state index contributed by atoms with van der Waals surface area (Å²) in [6, 6.07) is 11.4. The molecule has 0 bridgehead atoms. The van der Waals surface area contributed by atoms with Crippen LogP contribution in [0.3, 0.4) is 0 Å². The predicted octanol–water partition coefficient (Wildman–Crippen LogP) is 2.45. The van der Waals surface area contributed by atoms with Gasteiger partial charge in [-0.15, -0.1) is 0 Å². The van der Waals surface area contributed by atoms with Crippen molar-refractivity contribution in [3.05, 3.63) is 30.3 Å². The van der Waals surface area contributed by atoms with Crippen molar-refractivity contribution in [2.45, 2.75) is 37.5 Å². The van der Waals surface area contributed by atoms with Crippen LogP contribution in [0, 0.1) is 0 Å². The van der Waals surface area contributed by atoms with E-state index in [0.29, 0.717) is 21.0 Å².